The molecule has 0 saturated carbocycles. The summed E-state index contributed by atoms with van der Waals surface area (Å²) in [4.78, 5) is 0. The zero-order valence-electron chi connectivity index (χ0n) is 10.0. The van der Waals surface area contributed by atoms with Crippen molar-refractivity contribution in [2.75, 3.05) is 0 Å². The lowest BCUT2D eigenvalue weighted by atomic mass is 10.0. The van der Waals surface area contributed by atoms with Crippen LogP contribution in [0.3, 0.4) is 0 Å². The van der Waals surface area contributed by atoms with E-state index in [1.54, 1.807) is 12.1 Å². The Hall–Kier alpha value is -2.21. The lowest BCUT2D eigenvalue weighted by molar-refractivity contribution is -0.123. The summed E-state index contributed by atoms with van der Waals surface area (Å²) in [5.74, 6) is 4.64. The topological polar surface area (TPSA) is 0 Å². The van der Waals surface area contributed by atoms with E-state index in [1.165, 1.54) is 0 Å². The van der Waals surface area contributed by atoms with Crippen LogP contribution in [0.4, 0.5) is 13.2 Å². The molecule has 0 N–H and O–H groups in total. The molecule has 0 aromatic heterocycles. The molecule has 0 fully saturated rings. The number of rotatable bonds is 1. The van der Waals surface area contributed by atoms with E-state index in [4.69, 9.17) is 0 Å². The maximum Gasteiger partial charge on any atom is 0.399 e. The molecule has 0 bridgehead atoms. The molecule has 0 aliphatic heterocycles. The predicted molar refractivity (Wildman–Crippen MR) is 69.4 cm³/mol. The van der Waals surface area contributed by atoms with Crippen molar-refractivity contribution in [2.24, 2.45) is 0 Å². The summed E-state index contributed by atoms with van der Waals surface area (Å²) in [6.07, 6.45) is -5.30. The fourth-order valence-electron chi connectivity index (χ4n) is 1.62. The van der Waals surface area contributed by atoms with E-state index in [9.17, 15) is 13.2 Å². The minimum Gasteiger partial charge on any atom is -0.170 e. The van der Waals surface area contributed by atoms with Gasteiger partial charge in [-0.05, 0) is 23.3 Å². The van der Waals surface area contributed by atoms with Gasteiger partial charge in [0.05, 0.1) is 0 Å². The van der Waals surface area contributed by atoms with E-state index in [-0.39, 0.29) is 0 Å². The second-order valence-corrected chi connectivity index (χ2v) is 4.04. The van der Waals surface area contributed by atoms with Crippen molar-refractivity contribution in [1.82, 2.24) is 0 Å². The van der Waals surface area contributed by atoms with Gasteiger partial charge in [-0.2, -0.15) is 13.2 Å². The molecule has 0 spiro atoms. The second kappa shape index (κ2) is 5.62. The van der Waals surface area contributed by atoms with Crippen molar-refractivity contribution >= 4 is 0 Å². The van der Waals surface area contributed by atoms with Crippen molar-refractivity contribution < 1.29 is 13.2 Å². The molecule has 2 aromatic rings. The Morgan fingerprint density at radius 2 is 1.37 bits per heavy atom. The lowest BCUT2D eigenvalue weighted by Gasteiger charge is -2.01. The van der Waals surface area contributed by atoms with Crippen molar-refractivity contribution in [3.8, 4) is 23.0 Å². The largest absolute Gasteiger partial charge is 0.399 e. The zero-order valence-corrected chi connectivity index (χ0v) is 10.0. The van der Waals surface area contributed by atoms with Gasteiger partial charge < -0.3 is 0 Å². The molecular weight excluding hydrogens is 249 g/mol. The fraction of sp³-hybridized carbons (Fsp3) is 0.125. The normalized spacial score (nSPS) is 10.7. The Balaban J connectivity index is 2.11. The van der Waals surface area contributed by atoms with Crippen LogP contribution in [0, 0.1) is 11.8 Å². The summed E-state index contributed by atoms with van der Waals surface area (Å²) in [6.45, 7) is 0. The molecule has 2 aromatic carbocycles. The highest BCUT2D eigenvalue weighted by molar-refractivity contribution is 5.64. The minimum atomic E-state index is -4.23. The van der Waals surface area contributed by atoms with Crippen LogP contribution in [0.15, 0.2) is 54.6 Å². The third-order valence-corrected chi connectivity index (χ3v) is 2.51. The summed E-state index contributed by atoms with van der Waals surface area (Å²) >= 11 is 0. The Morgan fingerprint density at radius 1 is 0.789 bits per heavy atom. The number of hydrogen-bond acceptors (Lipinski definition) is 0. The molecule has 3 heteroatoms. The maximum absolute atomic E-state index is 11.9. The quantitative estimate of drug-likeness (QED) is 0.654. The van der Waals surface area contributed by atoms with E-state index < -0.39 is 12.6 Å². The summed E-state index contributed by atoms with van der Waals surface area (Å²) in [7, 11) is 0. The van der Waals surface area contributed by atoms with Crippen LogP contribution in [0.5, 0.6) is 0 Å². The van der Waals surface area contributed by atoms with Gasteiger partial charge >= 0.3 is 6.18 Å². The smallest absolute Gasteiger partial charge is 0.170 e. The van der Waals surface area contributed by atoms with Crippen molar-refractivity contribution in [3.63, 3.8) is 0 Å². The standard InChI is InChI=1S/C16H11F3/c17-16(18,19)12-4-5-13-8-10-15(11-9-13)14-6-2-1-3-7-14/h1-3,6-11H,12H2. The van der Waals surface area contributed by atoms with E-state index in [2.05, 4.69) is 11.8 Å². The van der Waals surface area contributed by atoms with E-state index in [0.29, 0.717) is 5.56 Å². The van der Waals surface area contributed by atoms with E-state index in [1.807, 2.05) is 42.5 Å². The number of alkyl halides is 3. The van der Waals surface area contributed by atoms with Gasteiger partial charge in [-0.1, -0.05) is 54.3 Å². The van der Waals surface area contributed by atoms with Crippen molar-refractivity contribution in [2.45, 2.75) is 12.6 Å². The van der Waals surface area contributed by atoms with E-state index in [0.717, 1.165) is 11.1 Å². The van der Waals surface area contributed by atoms with Crippen molar-refractivity contribution in [3.05, 3.63) is 60.2 Å². The van der Waals surface area contributed by atoms with Crippen LogP contribution in [0.1, 0.15) is 12.0 Å². The minimum absolute atomic E-state index is 0.587. The first kappa shape index (κ1) is 13.2. The molecule has 2 rings (SSSR count). The number of hydrogen-bond donors (Lipinski definition) is 0. The Morgan fingerprint density at radius 3 is 1.95 bits per heavy atom. The molecule has 0 nitrogen and oxygen atoms in total. The zero-order chi connectivity index (χ0) is 13.7. The number of benzene rings is 2. The molecule has 0 amide bonds. The molecule has 0 heterocycles. The summed E-state index contributed by atoms with van der Waals surface area (Å²) < 4.78 is 35.8. The molecule has 0 radical (unpaired) electrons. The molecule has 0 aliphatic carbocycles. The second-order valence-electron chi connectivity index (χ2n) is 4.04. The first-order valence-corrected chi connectivity index (χ1v) is 5.76. The molecule has 0 unspecified atom stereocenters. The average Bonchev–Trinajstić information content (AvgIpc) is 2.39. The van der Waals surface area contributed by atoms with Crippen LogP contribution in [-0.2, 0) is 0 Å². The molecule has 0 aliphatic rings. The first-order chi connectivity index (χ1) is 9.04. The van der Waals surface area contributed by atoms with E-state index >= 15 is 0 Å². The molecule has 0 saturated heterocycles. The van der Waals surface area contributed by atoms with Gasteiger partial charge in [0.15, 0.2) is 0 Å². The summed E-state index contributed by atoms with van der Waals surface area (Å²) in [6, 6.07) is 16.9. The van der Waals surface area contributed by atoms with Gasteiger partial charge in [-0.3, -0.25) is 0 Å². The third kappa shape index (κ3) is 4.18. The fourth-order valence-corrected chi connectivity index (χ4v) is 1.62. The Labute approximate surface area is 109 Å². The summed E-state index contributed by atoms with van der Waals surface area (Å²) in [5, 5.41) is 0. The molecular formula is C16H11F3. The highest BCUT2D eigenvalue weighted by Gasteiger charge is 2.25. The molecule has 96 valence electrons. The molecule has 0 atom stereocenters. The van der Waals surface area contributed by atoms with Gasteiger partial charge in [0.2, 0.25) is 0 Å². The van der Waals surface area contributed by atoms with Gasteiger partial charge in [0.1, 0.15) is 6.42 Å². The lowest BCUT2D eigenvalue weighted by Crippen LogP contribution is -2.04. The van der Waals surface area contributed by atoms with Gasteiger partial charge in [-0.25, -0.2) is 0 Å². The average molecular weight is 260 g/mol. The molecule has 19 heavy (non-hydrogen) atoms. The van der Waals surface area contributed by atoms with Crippen LogP contribution in [-0.4, -0.2) is 6.18 Å². The monoisotopic (exact) mass is 260 g/mol. The van der Waals surface area contributed by atoms with Gasteiger partial charge in [-0.15, -0.1) is 0 Å². The SMILES string of the molecule is FC(F)(F)CC#Cc1ccc(-c2ccccc2)cc1. The maximum atomic E-state index is 11.9. The Kier molecular flexibility index (Phi) is 3.91. The third-order valence-electron chi connectivity index (χ3n) is 2.51. The Bertz CT molecular complexity index is 584. The van der Waals surface area contributed by atoms with Crippen LogP contribution in [0.25, 0.3) is 11.1 Å². The highest BCUT2D eigenvalue weighted by Crippen LogP contribution is 2.20. The number of halogens is 3. The van der Waals surface area contributed by atoms with Gasteiger partial charge in [0.25, 0.3) is 0 Å². The summed E-state index contributed by atoms with van der Waals surface area (Å²) in [5.41, 5.74) is 2.67. The van der Waals surface area contributed by atoms with Crippen LogP contribution >= 0.6 is 0 Å². The predicted octanol–water partition coefficient (Wildman–Crippen LogP) is 4.66. The van der Waals surface area contributed by atoms with Crippen LogP contribution in [0.2, 0.25) is 0 Å². The van der Waals surface area contributed by atoms with Gasteiger partial charge in [0, 0.05) is 5.56 Å². The first-order valence-electron chi connectivity index (χ1n) is 5.76. The van der Waals surface area contributed by atoms with Crippen LogP contribution < -0.4 is 0 Å². The van der Waals surface area contributed by atoms with Crippen molar-refractivity contribution in [1.29, 1.82) is 0 Å². The highest BCUT2D eigenvalue weighted by atomic mass is 19.4.